The van der Waals surface area contributed by atoms with Crippen LogP contribution >= 0.6 is 0 Å². The minimum absolute atomic E-state index is 0.0962. The summed E-state index contributed by atoms with van der Waals surface area (Å²) >= 11 is 0. The van der Waals surface area contributed by atoms with Crippen molar-refractivity contribution in [3.8, 4) is 11.5 Å². The normalized spacial score (nSPS) is 11.8. The molecule has 2 aromatic rings. The molecule has 3 N–H and O–H groups in total. The number of aliphatic carboxylic acids is 1. The third-order valence-electron chi connectivity index (χ3n) is 4.25. The highest BCUT2D eigenvalue weighted by atomic mass is 16.5. The second kappa shape index (κ2) is 11.2. The highest BCUT2D eigenvalue weighted by Crippen LogP contribution is 2.25. The fraction of sp³-hybridized carbons (Fsp3) is 0.364. The average Bonchev–Trinajstić information content (AvgIpc) is 2.72. The molecule has 0 saturated heterocycles. The Hall–Kier alpha value is -3.10. The van der Waals surface area contributed by atoms with Crippen molar-refractivity contribution in [3.05, 3.63) is 53.6 Å². The maximum absolute atomic E-state index is 12.2. The van der Waals surface area contributed by atoms with Crippen LogP contribution in [0.3, 0.4) is 0 Å². The molecule has 1 amide bonds. The van der Waals surface area contributed by atoms with Crippen LogP contribution in [0.4, 0.5) is 10.5 Å². The number of quaternary nitrogens is 1. The summed E-state index contributed by atoms with van der Waals surface area (Å²) in [6.07, 6.45) is -1.31. The number of methoxy groups -OCH3 is 2. The van der Waals surface area contributed by atoms with Crippen molar-refractivity contribution in [3.63, 3.8) is 0 Å². The molecule has 0 radical (unpaired) electrons. The monoisotopic (exact) mass is 418 g/mol. The number of nitrogens with two attached hydrogens (primary N) is 1. The van der Waals surface area contributed by atoms with E-state index < -0.39 is 18.2 Å². The Morgan fingerprint density at radius 1 is 1.00 bits per heavy atom. The Labute approximate surface area is 175 Å². The van der Waals surface area contributed by atoms with Gasteiger partial charge in [-0.2, -0.15) is 4.79 Å². The first-order valence-corrected chi connectivity index (χ1v) is 9.52. The van der Waals surface area contributed by atoms with E-state index in [-0.39, 0.29) is 19.1 Å². The van der Waals surface area contributed by atoms with Crippen LogP contribution < -0.4 is 14.8 Å². The van der Waals surface area contributed by atoms with E-state index in [1.165, 1.54) is 12.4 Å². The highest BCUT2D eigenvalue weighted by molar-refractivity contribution is 5.72. The number of ether oxygens (including phenoxy) is 4. The molecule has 0 aliphatic rings. The van der Waals surface area contributed by atoms with Crippen LogP contribution in [0.2, 0.25) is 0 Å². The van der Waals surface area contributed by atoms with E-state index in [0.717, 1.165) is 11.1 Å². The zero-order valence-electron chi connectivity index (χ0n) is 17.6. The van der Waals surface area contributed by atoms with Crippen LogP contribution in [-0.2, 0) is 27.3 Å². The van der Waals surface area contributed by atoms with E-state index in [9.17, 15) is 14.7 Å². The molecular weight excluding hydrogens is 390 g/mol. The fourth-order valence-electron chi connectivity index (χ4n) is 2.77. The van der Waals surface area contributed by atoms with E-state index in [1.54, 1.807) is 63.4 Å². The number of carboxylic acids is 1. The molecule has 2 aromatic carbocycles. The smallest absolute Gasteiger partial charge is 0.497 e. The van der Waals surface area contributed by atoms with Crippen molar-refractivity contribution in [2.24, 2.45) is 0 Å². The molecule has 162 valence electrons. The van der Waals surface area contributed by atoms with Crippen molar-refractivity contribution in [1.29, 1.82) is 0 Å². The minimum atomic E-state index is -0.994. The highest BCUT2D eigenvalue weighted by Gasteiger charge is 2.20. The average molecular weight is 418 g/mol. The van der Waals surface area contributed by atoms with Crippen LogP contribution in [-0.4, -0.2) is 43.6 Å². The van der Waals surface area contributed by atoms with E-state index in [0.29, 0.717) is 17.2 Å². The standard InChI is InChI=1S/C22H27NO7/c1-14(2)30-20(21(24)25)11-15-5-7-16(8-6-15)13-29-22(26)23-18-10-9-17(27-3)12-19(18)28-4/h5-10,12,14,20H,11,13H2,1-4H3,(H,23,26)(H,24,25)/p+1. The maximum Gasteiger partial charge on any atom is 0.518 e. The molecule has 8 heteroatoms. The van der Waals surface area contributed by atoms with Crippen molar-refractivity contribution < 1.29 is 39.0 Å². The Bertz CT molecular complexity index is 849. The van der Waals surface area contributed by atoms with Gasteiger partial charge >= 0.3 is 12.1 Å². The number of carboxylic acid groups (broad SMARTS) is 1. The first-order valence-electron chi connectivity index (χ1n) is 9.52. The number of rotatable bonds is 10. The molecule has 30 heavy (non-hydrogen) atoms. The third-order valence-corrected chi connectivity index (χ3v) is 4.25. The molecule has 0 saturated carbocycles. The predicted octanol–water partition coefficient (Wildman–Crippen LogP) is 2.66. The molecular formula is C22H28NO7+. The summed E-state index contributed by atoms with van der Waals surface area (Å²) in [6, 6.07) is 12.3. The molecule has 0 fully saturated rings. The van der Waals surface area contributed by atoms with Crippen LogP contribution in [0.15, 0.2) is 42.5 Å². The summed E-state index contributed by atoms with van der Waals surface area (Å²) in [5, 5.41) is 10.6. The number of primary amides is 1. The summed E-state index contributed by atoms with van der Waals surface area (Å²) in [5.41, 5.74) is 2.20. The number of carbonyl (C=O) groups is 2. The Morgan fingerprint density at radius 3 is 2.23 bits per heavy atom. The van der Waals surface area contributed by atoms with Gasteiger partial charge in [0.05, 0.1) is 20.3 Å². The van der Waals surface area contributed by atoms with Gasteiger partial charge in [-0.1, -0.05) is 24.3 Å². The number of hydrogen-bond donors (Lipinski definition) is 2. The fourth-order valence-corrected chi connectivity index (χ4v) is 2.77. The first kappa shape index (κ1) is 23.2. The van der Waals surface area contributed by atoms with E-state index in [2.05, 4.69) is 0 Å². The van der Waals surface area contributed by atoms with Crippen LogP contribution in [0.1, 0.15) is 25.0 Å². The number of hydrogen-bond acceptors (Lipinski definition) is 6. The van der Waals surface area contributed by atoms with E-state index in [1.807, 2.05) is 0 Å². The Balaban J connectivity index is 1.90. The van der Waals surface area contributed by atoms with Gasteiger partial charge in [-0.05, 0) is 31.0 Å². The van der Waals surface area contributed by atoms with Gasteiger partial charge in [-0.15, -0.1) is 0 Å². The van der Waals surface area contributed by atoms with Crippen LogP contribution in [0.25, 0.3) is 0 Å². The zero-order valence-corrected chi connectivity index (χ0v) is 17.6. The zero-order chi connectivity index (χ0) is 22.1. The molecule has 0 aromatic heterocycles. The van der Waals surface area contributed by atoms with Crippen molar-refractivity contribution in [2.45, 2.75) is 39.1 Å². The summed E-state index contributed by atoms with van der Waals surface area (Å²) < 4.78 is 21.1. The number of carbonyl (C=O) groups excluding carboxylic acids is 1. The lowest BCUT2D eigenvalue weighted by molar-refractivity contribution is -0.484. The van der Waals surface area contributed by atoms with Crippen LogP contribution in [0, 0.1) is 0 Å². The largest absolute Gasteiger partial charge is 0.518 e. The van der Waals surface area contributed by atoms with Gasteiger partial charge in [0, 0.05) is 18.6 Å². The van der Waals surface area contributed by atoms with Crippen molar-refractivity contribution >= 4 is 17.7 Å². The Kier molecular flexibility index (Phi) is 8.64. The third kappa shape index (κ3) is 7.06. The first-order chi connectivity index (χ1) is 14.3. The topological polar surface area (TPSA) is 108 Å². The molecule has 8 nitrogen and oxygen atoms in total. The predicted molar refractivity (Wildman–Crippen MR) is 109 cm³/mol. The van der Waals surface area contributed by atoms with Gasteiger partial charge < -0.3 is 24.1 Å². The van der Waals surface area contributed by atoms with Crippen molar-refractivity contribution in [2.75, 3.05) is 14.2 Å². The lowest BCUT2D eigenvalue weighted by atomic mass is 10.1. The lowest BCUT2D eigenvalue weighted by Crippen LogP contribution is -2.82. The maximum atomic E-state index is 12.2. The lowest BCUT2D eigenvalue weighted by Gasteiger charge is -2.16. The van der Waals surface area contributed by atoms with Gasteiger partial charge in [0.2, 0.25) is 0 Å². The quantitative estimate of drug-likeness (QED) is 0.571. The SMILES string of the molecule is COc1ccc([NH2+]C(=O)OCc2ccc(CC(OC(C)C)C(=O)O)cc2)c(OC)c1. The molecule has 0 aliphatic heterocycles. The molecule has 1 unspecified atom stereocenters. The van der Waals surface area contributed by atoms with Gasteiger partial charge in [0.25, 0.3) is 0 Å². The van der Waals surface area contributed by atoms with Crippen molar-refractivity contribution in [1.82, 2.24) is 0 Å². The molecule has 0 spiro atoms. The molecule has 0 bridgehead atoms. The van der Waals surface area contributed by atoms with E-state index in [4.69, 9.17) is 18.9 Å². The summed E-state index contributed by atoms with van der Waals surface area (Å²) in [6.45, 7) is 3.69. The van der Waals surface area contributed by atoms with Gasteiger partial charge in [-0.25, -0.2) is 10.1 Å². The summed E-state index contributed by atoms with van der Waals surface area (Å²) in [7, 11) is 3.07. The number of amides is 1. The van der Waals surface area contributed by atoms with E-state index >= 15 is 0 Å². The van der Waals surface area contributed by atoms with Crippen LogP contribution in [0.5, 0.6) is 11.5 Å². The van der Waals surface area contributed by atoms with Gasteiger partial charge in [0.15, 0.2) is 17.5 Å². The minimum Gasteiger partial charge on any atom is -0.497 e. The van der Waals surface area contributed by atoms with Gasteiger partial charge in [0.1, 0.15) is 12.4 Å². The van der Waals surface area contributed by atoms with Gasteiger partial charge in [-0.3, -0.25) is 0 Å². The molecule has 1 atom stereocenters. The number of benzene rings is 2. The summed E-state index contributed by atoms with van der Waals surface area (Å²) in [4.78, 5) is 23.5. The molecule has 0 heterocycles. The Morgan fingerprint density at radius 2 is 1.67 bits per heavy atom. The second-order valence-corrected chi connectivity index (χ2v) is 6.89. The molecule has 2 rings (SSSR count). The summed E-state index contributed by atoms with van der Waals surface area (Å²) in [5.74, 6) is 0.139. The molecule has 0 aliphatic carbocycles. The second-order valence-electron chi connectivity index (χ2n) is 6.89.